The van der Waals surface area contributed by atoms with Crippen molar-refractivity contribution in [1.29, 1.82) is 0 Å². The fourth-order valence-electron chi connectivity index (χ4n) is 2.88. The first-order valence-electron chi connectivity index (χ1n) is 7.16. The summed E-state index contributed by atoms with van der Waals surface area (Å²) in [6.07, 6.45) is 8.38. The molecule has 3 heteroatoms. The van der Waals surface area contributed by atoms with Gasteiger partial charge in [-0.15, -0.1) is 6.58 Å². The van der Waals surface area contributed by atoms with Gasteiger partial charge in [-0.1, -0.05) is 6.08 Å². The first kappa shape index (κ1) is 14.0. The minimum Gasteiger partial charge on any atom is -0.378 e. The maximum Gasteiger partial charge on any atom is 0.163 e. The van der Waals surface area contributed by atoms with Gasteiger partial charge < -0.3 is 14.2 Å². The zero-order valence-electron chi connectivity index (χ0n) is 11.7. The first-order chi connectivity index (χ1) is 8.61. The van der Waals surface area contributed by atoms with Crippen molar-refractivity contribution >= 4 is 0 Å². The summed E-state index contributed by atoms with van der Waals surface area (Å²) < 4.78 is 17.2. The van der Waals surface area contributed by atoms with Crippen molar-refractivity contribution in [3.63, 3.8) is 0 Å². The van der Waals surface area contributed by atoms with Crippen LogP contribution in [-0.2, 0) is 14.2 Å². The van der Waals surface area contributed by atoms with Gasteiger partial charge in [-0.2, -0.15) is 0 Å². The Kier molecular flexibility index (Phi) is 4.82. The Morgan fingerprint density at radius 1 is 1.33 bits per heavy atom. The minimum atomic E-state index is -0.393. The predicted octanol–water partition coefficient (Wildman–Crippen LogP) is 3.29. The van der Waals surface area contributed by atoms with Crippen LogP contribution in [0.3, 0.4) is 0 Å². The highest BCUT2D eigenvalue weighted by atomic mass is 16.7. The molecular weight excluding hydrogens is 228 g/mol. The summed E-state index contributed by atoms with van der Waals surface area (Å²) in [7, 11) is 0. The van der Waals surface area contributed by atoms with E-state index < -0.39 is 5.79 Å². The third kappa shape index (κ3) is 3.81. The summed E-state index contributed by atoms with van der Waals surface area (Å²) in [5.74, 6) is 0.145. The standard InChI is InChI=1S/C15H26O3/c1-4-12-7-6-10-16-14(12)9-5-8-13-11-17-15(2,3)18-13/h4,12-14H,1,5-11H2,2-3H3/t12-,13?,14+/m0/s1. The molecule has 2 saturated heterocycles. The molecule has 0 aromatic carbocycles. The highest BCUT2D eigenvalue weighted by Crippen LogP contribution is 2.28. The van der Waals surface area contributed by atoms with Crippen LogP contribution in [-0.4, -0.2) is 31.2 Å². The van der Waals surface area contributed by atoms with Gasteiger partial charge in [-0.25, -0.2) is 0 Å². The molecule has 2 heterocycles. The highest BCUT2D eigenvalue weighted by molar-refractivity contribution is 4.87. The Balaban J connectivity index is 1.67. The second-order valence-electron chi connectivity index (χ2n) is 5.83. The van der Waals surface area contributed by atoms with Crippen LogP contribution >= 0.6 is 0 Å². The van der Waals surface area contributed by atoms with Crippen LogP contribution in [0.4, 0.5) is 0 Å². The van der Waals surface area contributed by atoms with E-state index in [1.807, 2.05) is 13.8 Å². The van der Waals surface area contributed by atoms with Crippen LogP contribution < -0.4 is 0 Å². The molecule has 0 aliphatic carbocycles. The van der Waals surface area contributed by atoms with E-state index in [9.17, 15) is 0 Å². The fraction of sp³-hybridized carbons (Fsp3) is 0.867. The van der Waals surface area contributed by atoms with Crippen LogP contribution in [0.25, 0.3) is 0 Å². The molecule has 3 nitrogen and oxygen atoms in total. The maximum absolute atomic E-state index is 5.84. The van der Waals surface area contributed by atoms with E-state index >= 15 is 0 Å². The quantitative estimate of drug-likeness (QED) is 0.705. The maximum atomic E-state index is 5.84. The van der Waals surface area contributed by atoms with Gasteiger partial charge in [-0.3, -0.25) is 0 Å². The van der Waals surface area contributed by atoms with Crippen LogP contribution in [0.1, 0.15) is 46.0 Å². The first-order valence-corrected chi connectivity index (χ1v) is 7.16. The third-order valence-electron chi connectivity index (χ3n) is 3.88. The molecule has 2 aliphatic rings. The summed E-state index contributed by atoms with van der Waals surface area (Å²) in [4.78, 5) is 0. The predicted molar refractivity (Wildman–Crippen MR) is 71.4 cm³/mol. The van der Waals surface area contributed by atoms with E-state index in [1.54, 1.807) is 0 Å². The summed E-state index contributed by atoms with van der Waals surface area (Å²) in [5.41, 5.74) is 0. The molecule has 0 spiro atoms. The monoisotopic (exact) mass is 254 g/mol. The van der Waals surface area contributed by atoms with E-state index in [4.69, 9.17) is 14.2 Å². The topological polar surface area (TPSA) is 27.7 Å². The molecule has 2 aliphatic heterocycles. The second-order valence-corrected chi connectivity index (χ2v) is 5.83. The van der Waals surface area contributed by atoms with Crippen LogP contribution in [0.15, 0.2) is 12.7 Å². The SMILES string of the molecule is C=C[C@H]1CCCO[C@@H]1CCCC1COC(C)(C)O1. The van der Waals surface area contributed by atoms with E-state index in [0.29, 0.717) is 12.0 Å². The molecule has 2 rings (SSSR count). The Morgan fingerprint density at radius 3 is 2.83 bits per heavy atom. The van der Waals surface area contributed by atoms with Crippen LogP contribution in [0.5, 0.6) is 0 Å². The van der Waals surface area contributed by atoms with E-state index in [-0.39, 0.29) is 6.10 Å². The number of hydrogen-bond donors (Lipinski definition) is 0. The number of hydrogen-bond acceptors (Lipinski definition) is 3. The highest BCUT2D eigenvalue weighted by Gasteiger charge is 2.32. The van der Waals surface area contributed by atoms with Gasteiger partial charge in [0.15, 0.2) is 5.79 Å². The molecule has 18 heavy (non-hydrogen) atoms. The fourth-order valence-corrected chi connectivity index (χ4v) is 2.88. The Labute approximate surface area is 110 Å². The zero-order chi connectivity index (χ0) is 13.0. The number of rotatable bonds is 5. The molecule has 0 aromatic heterocycles. The number of ether oxygens (including phenoxy) is 3. The molecule has 0 N–H and O–H groups in total. The normalized spacial score (nSPS) is 35.6. The lowest BCUT2D eigenvalue weighted by Gasteiger charge is -2.29. The lowest BCUT2D eigenvalue weighted by molar-refractivity contribution is -0.139. The van der Waals surface area contributed by atoms with Crippen molar-refractivity contribution in [2.45, 2.75) is 63.9 Å². The van der Waals surface area contributed by atoms with Gasteiger partial charge >= 0.3 is 0 Å². The molecular formula is C15H26O3. The van der Waals surface area contributed by atoms with Gasteiger partial charge in [0, 0.05) is 12.5 Å². The molecule has 0 saturated carbocycles. The molecule has 1 unspecified atom stereocenters. The van der Waals surface area contributed by atoms with Crippen molar-refractivity contribution in [3.8, 4) is 0 Å². The average molecular weight is 254 g/mol. The van der Waals surface area contributed by atoms with Gasteiger partial charge in [0.1, 0.15) is 0 Å². The third-order valence-corrected chi connectivity index (χ3v) is 3.88. The molecule has 2 fully saturated rings. The van der Waals surface area contributed by atoms with Crippen molar-refractivity contribution in [1.82, 2.24) is 0 Å². The lowest BCUT2D eigenvalue weighted by Crippen LogP contribution is -2.28. The Bertz CT molecular complexity index is 275. The van der Waals surface area contributed by atoms with Gasteiger partial charge in [0.05, 0.1) is 18.8 Å². The molecule has 0 aromatic rings. The molecule has 0 radical (unpaired) electrons. The van der Waals surface area contributed by atoms with Crippen molar-refractivity contribution in [2.75, 3.05) is 13.2 Å². The lowest BCUT2D eigenvalue weighted by atomic mass is 9.91. The van der Waals surface area contributed by atoms with Crippen molar-refractivity contribution < 1.29 is 14.2 Å². The summed E-state index contributed by atoms with van der Waals surface area (Å²) in [6.45, 7) is 9.50. The molecule has 0 bridgehead atoms. The summed E-state index contributed by atoms with van der Waals surface area (Å²) in [5, 5.41) is 0. The van der Waals surface area contributed by atoms with Gasteiger partial charge in [0.2, 0.25) is 0 Å². The van der Waals surface area contributed by atoms with Crippen molar-refractivity contribution in [3.05, 3.63) is 12.7 Å². The smallest absolute Gasteiger partial charge is 0.163 e. The Hall–Kier alpha value is -0.380. The molecule has 104 valence electrons. The van der Waals surface area contributed by atoms with Gasteiger partial charge in [-0.05, 0) is 46.0 Å². The van der Waals surface area contributed by atoms with Crippen LogP contribution in [0, 0.1) is 5.92 Å². The van der Waals surface area contributed by atoms with Crippen LogP contribution in [0.2, 0.25) is 0 Å². The molecule has 0 amide bonds. The summed E-state index contributed by atoms with van der Waals surface area (Å²) >= 11 is 0. The molecule has 3 atom stereocenters. The largest absolute Gasteiger partial charge is 0.378 e. The van der Waals surface area contributed by atoms with E-state index in [2.05, 4.69) is 12.7 Å². The minimum absolute atomic E-state index is 0.255. The zero-order valence-corrected chi connectivity index (χ0v) is 11.7. The van der Waals surface area contributed by atoms with Gasteiger partial charge in [0.25, 0.3) is 0 Å². The van der Waals surface area contributed by atoms with Crippen molar-refractivity contribution in [2.24, 2.45) is 5.92 Å². The van der Waals surface area contributed by atoms with E-state index in [1.165, 1.54) is 12.8 Å². The summed E-state index contributed by atoms with van der Waals surface area (Å²) in [6, 6.07) is 0. The van der Waals surface area contributed by atoms with E-state index in [0.717, 1.165) is 32.5 Å². The Morgan fingerprint density at radius 2 is 2.17 bits per heavy atom. The second kappa shape index (κ2) is 6.18. The average Bonchev–Trinajstić information content (AvgIpc) is 2.69.